The molecule has 148 valence electrons. The molecule has 0 radical (unpaired) electrons. The van der Waals surface area contributed by atoms with Crippen LogP contribution in [0.15, 0.2) is 48.5 Å². The van der Waals surface area contributed by atoms with Gasteiger partial charge in [0, 0.05) is 25.2 Å². The number of hydrogen-bond acceptors (Lipinski definition) is 4. The normalized spacial score (nSPS) is 16.1. The van der Waals surface area contributed by atoms with E-state index in [9.17, 15) is 9.59 Å². The first-order valence-electron chi connectivity index (χ1n) is 9.63. The third kappa shape index (κ3) is 4.82. The zero-order chi connectivity index (χ0) is 19.9. The van der Waals surface area contributed by atoms with Crippen molar-refractivity contribution < 1.29 is 19.1 Å². The highest BCUT2D eigenvalue weighted by molar-refractivity contribution is 6.00. The van der Waals surface area contributed by atoms with Crippen molar-refractivity contribution in [1.29, 1.82) is 0 Å². The maximum absolute atomic E-state index is 12.5. The predicted molar refractivity (Wildman–Crippen MR) is 108 cm³/mol. The molecule has 2 aromatic carbocycles. The lowest BCUT2D eigenvalue weighted by Crippen LogP contribution is -2.32. The molecule has 1 aliphatic rings. The molecule has 2 aromatic rings. The molecule has 1 saturated heterocycles. The summed E-state index contributed by atoms with van der Waals surface area (Å²) in [7, 11) is 0. The van der Waals surface area contributed by atoms with E-state index >= 15 is 0 Å². The second-order valence-electron chi connectivity index (χ2n) is 6.63. The number of amides is 2. The van der Waals surface area contributed by atoms with Crippen LogP contribution in [0.25, 0.3) is 0 Å². The van der Waals surface area contributed by atoms with Crippen LogP contribution in [-0.4, -0.2) is 31.6 Å². The molecule has 1 aliphatic heterocycles. The van der Waals surface area contributed by atoms with Gasteiger partial charge in [-0.25, -0.2) is 0 Å². The largest absolute Gasteiger partial charge is 0.494 e. The molecule has 28 heavy (non-hydrogen) atoms. The fourth-order valence-corrected chi connectivity index (χ4v) is 3.23. The first-order valence-corrected chi connectivity index (χ1v) is 9.63. The first-order chi connectivity index (χ1) is 13.6. The molecule has 3 rings (SSSR count). The Kier molecular flexibility index (Phi) is 6.53. The van der Waals surface area contributed by atoms with Crippen molar-refractivity contribution in [3.8, 4) is 11.5 Å². The van der Waals surface area contributed by atoms with Gasteiger partial charge in [0.25, 0.3) is 0 Å². The quantitative estimate of drug-likeness (QED) is 0.762. The van der Waals surface area contributed by atoms with Gasteiger partial charge in [0.05, 0.1) is 19.1 Å². The summed E-state index contributed by atoms with van der Waals surface area (Å²) in [6.07, 6.45) is 0.225. The lowest BCUT2D eigenvalue weighted by Gasteiger charge is -2.17. The van der Waals surface area contributed by atoms with E-state index < -0.39 is 0 Å². The number of benzene rings is 2. The average Bonchev–Trinajstić information content (AvgIpc) is 3.10. The number of ether oxygens (including phenoxy) is 2. The van der Waals surface area contributed by atoms with Gasteiger partial charge in [0.15, 0.2) is 0 Å². The van der Waals surface area contributed by atoms with Crippen molar-refractivity contribution in [3.05, 3.63) is 54.1 Å². The van der Waals surface area contributed by atoms with Gasteiger partial charge in [-0.3, -0.25) is 9.59 Å². The Labute approximate surface area is 165 Å². The Morgan fingerprint density at radius 2 is 1.57 bits per heavy atom. The molecule has 0 aliphatic carbocycles. The van der Waals surface area contributed by atoms with Gasteiger partial charge >= 0.3 is 0 Å². The van der Waals surface area contributed by atoms with Crippen LogP contribution in [0.1, 0.15) is 25.8 Å². The predicted octanol–water partition coefficient (Wildman–Crippen LogP) is 3.15. The van der Waals surface area contributed by atoms with Crippen LogP contribution in [0, 0.1) is 5.92 Å². The monoisotopic (exact) mass is 382 g/mol. The van der Waals surface area contributed by atoms with E-state index in [1.54, 1.807) is 4.90 Å². The zero-order valence-electron chi connectivity index (χ0n) is 16.3. The third-order valence-corrected chi connectivity index (χ3v) is 4.66. The summed E-state index contributed by atoms with van der Waals surface area (Å²) in [5.41, 5.74) is 1.78. The van der Waals surface area contributed by atoms with E-state index in [2.05, 4.69) is 5.32 Å². The van der Waals surface area contributed by atoms with E-state index in [0.717, 1.165) is 22.7 Å². The third-order valence-electron chi connectivity index (χ3n) is 4.66. The van der Waals surface area contributed by atoms with Crippen LogP contribution in [0.2, 0.25) is 0 Å². The highest BCUT2D eigenvalue weighted by Crippen LogP contribution is 2.27. The van der Waals surface area contributed by atoms with Gasteiger partial charge in [-0.2, -0.15) is 0 Å². The average molecular weight is 382 g/mol. The Morgan fingerprint density at radius 1 is 1.00 bits per heavy atom. The number of anilines is 1. The summed E-state index contributed by atoms with van der Waals surface area (Å²) in [6.45, 7) is 5.90. The number of nitrogens with zero attached hydrogens (tertiary/aromatic N) is 1. The van der Waals surface area contributed by atoms with Crippen LogP contribution in [0.3, 0.4) is 0 Å². The Hall–Kier alpha value is -3.02. The summed E-state index contributed by atoms with van der Waals surface area (Å²) in [5.74, 6) is 1.09. The topological polar surface area (TPSA) is 67.9 Å². The van der Waals surface area contributed by atoms with E-state index in [1.165, 1.54) is 0 Å². The minimum absolute atomic E-state index is 0.0367. The number of nitrogens with one attached hydrogen (secondary N) is 1. The smallest absolute Gasteiger partial charge is 0.227 e. The Bertz CT molecular complexity index is 802. The highest BCUT2D eigenvalue weighted by Gasteiger charge is 2.34. The molecular formula is C22H26N2O4. The lowest BCUT2D eigenvalue weighted by atomic mass is 10.1. The molecule has 1 atom stereocenters. The molecule has 0 bridgehead atoms. The van der Waals surface area contributed by atoms with E-state index in [0.29, 0.717) is 26.3 Å². The second kappa shape index (κ2) is 9.26. The van der Waals surface area contributed by atoms with Gasteiger partial charge in [-0.1, -0.05) is 12.1 Å². The maximum atomic E-state index is 12.5. The molecule has 0 aromatic heterocycles. The molecule has 6 heteroatoms. The van der Waals surface area contributed by atoms with Crippen LogP contribution >= 0.6 is 0 Å². The van der Waals surface area contributed by atoms with E-state index in [-0.39, 0.29) is 24.2 Å². The van der Waals surface area contributed by atoms with E-state index in [4.69, 9.17) is 9.47 Å². The minimum atomic E-state index is -0.346. The van der Waals surface area contributed by atoms with Crippen LogP contribution < -0.4 is 19.7 Å². The summed E-state index contributed by atoms with van der Waals surface area (Å²) < 4.78 is 10.8. The van der Waals surface area contributed by atoms with Crippen LogP contribution in [0.5, 0.6) is 11.5 Å². The summed E-state index contributed by atoms with van der Waals surface area (Å²) in [5, 5.41) is 2.93. The zero-order valence-corrected chi connectivity index (χ0v) is 16.3. The second-order valence-corrected chi connectivity index (χ2v) is 6.63. The lowest BCUT2D eigenvalue weighted by molar-refractivity contribution is -0.126. The Morgan fingerprint density at radius 3 is 2.14 bits per heavy atom. The number of carbonyl (C=O) groups excluding carboxylic acids is 2. The fraction of sp³-hybridized carbons (Fsp3) is 0.364. The molecule has 2 amide bonds. The van der Waals surface area contributed by atoms with Crippen molar-refractivity contribution in [1.82, 2.24) is 5.32 Å². The molecule has 6 nitrogen and oxygen atoms in total. The number of hydrogen-bond donors (Lipinski definition) is 1. The summed E-state index contributed by atoms with van der Waals surface area (Å²) >= 11 is 0. The van der Waals surface area contributed by atoms with Gasteiger partial charge in [0.2, 0.25) is 11.8 Å². The molecule has 1 N–H and O–H groups in total. The SMILES string of the molecule is CCOc1ccc(CNC(=O)[C@H]2CC(=O)N(c3ccc(OCC)cc3)C2)cc1. The van der Waals surface area contributed by atoms with Crippen molar-refractivity contribution in [2.45, 2.75) is 26.8 Å². The summed E-state index contributed by atoms with van der Waals surface area (Å²) in [4.78, 5) is 26.6. The molecule has 1 fully saturated rings. The highest BCUT2D eigenvalue weighted by atomic mass is 16.5. The summed E-state index contributed by atoms with van der Waals surface area (Å²) in [6, 6.07) is 15.0. The molecule has 0 unspecified atom stereocenters. The van der Waals surface area contributed by atoms with Gasteiger partial charge < -0.3 is 19.7 Å². The number of carbonyl (C=O) groups is 2. The van der Waals surface area contributed by atoms with Gasteiger partial charge in [0.1, 0.15) is 11.5 Å². The first kappa shape index (κ1) is 19.7. The van der Waals surface area contributed by atoms with Gasteiger partial charge in [-0.05, 0) is 55.8 Å². The molecule has 1 heterocycles. The van der Waals surface area contributed by atoms with Gasteiger partial charge in [-0.15, -0.1) is 0 Å². The maximum Gasteiger partial charge on any atom is 0.227 e. The van der Waals surface area contributed by atoms with Crippen molar-refractivity contribution in [3.63, 3.8) is 0 Å². The van der Waals surface area contributed by atoms with Crippen molar-refractivity contribution in [2.24, 2.45) is 5.92 Å². The van der Waals surface area contributed by atoms with Crippen LogP contribution in [-0.2, 0) is 16.1 Å². The fourth-order valence-electron chi connectivity index (χ4n) is 3.23. The van der Waals surface area contributed by atoms with E-state index in [1.807, 2.05) is 62.4 Å². The Balaban J connectivity index is 1.54. The molecular weight excluding hydrogens is 356 g/mol. The minimum Gasteiger partial charge on any atom is -0.494 e. The molecule has 0 saturated carbocycles. The van der Waals surface area contributed by atoms with Crippen molar-refractivity contribution >= 4 is 17.5 Å². The van der Waals surface area contributed by atoms with Crippen molar-refractivity contribution in [2.75, 3.05) is 24.7 Å². The van der Waals surface area contributed by atoms with Crippen LogP contribution in [0.4, 0.5) is 5.69 Å². The number of rotatable bonds is 8. The standard InChI is InChI=1S/C22H26N2O4/c1-3-27-19-9-5-16(6-10-19)14-23-22(26)17-13-21(25)24(15-17)18-7-11-20(12-8-18)28-4-2/h5-12,17H,3-4,13-15H2,1-2H3,(H,23,26)/t17-/m0/s1. The molecule has 0 spiro atoms.